The quantitative estimate of drug-likeness (QED) is 0.775. The molecule has 0 aromatic carbocycles. The molecule has 4 heteroatoms. The smallest absolute Gasteiger partial charge is 0.0634 e. The molecule has 1 fully saturated rings. The molecule has 0 radical (unpaired) electrons. The summed E-state index contributed by atoms with van der Waals surface area (Å²) >= 11 is 12.0. The van der Waals surface area contributed by atoms with Crippen molar-refractivity contribution < 1.29 is 0 Å². The van der Waals surface area contributed by atoms with E-state index in [4.69, 9.17) is 23.2 Å². The van der Waals surface area contributed by atoms with Gasteiger partial charge in [0.1, 0.15) is 0 Å². The molecule has 1 saturated heterocycles. The van der Waals surface area contributed by atoms with Gasteiger partial charge < -0.3 is 0 Å². The Kier molecular flexibility index (Phi) is 4.45. The summed E-state index contributed by atoms with van der Waals surface area (Å²) in [4.78, 5) is 6.43. The molecule has 1 aliphatic heterocycles. The fraction of sp³-hybridized carbons (Fsp3) is 0.583. The number of hydrogen-bond acceptors (Lipinski definition) is 2. The van der Waals surface area contributed by atoms with E-state index in [1.54, 1.807) is 12.4 Å². The lowest BCUT2D eigenvalue weighted by atomic mass is 10.00. The minimum Gasteiger partial charge on any atom is -0.299 e. The van der Waals surface area contributed by atoms with E-state index in [1.807, 2.05) is 6.07 Å². The summed E-state index contributed by atoms with van der Waals surface area (Å²) in [6, 6.07) is 1.99. The average Bonchev–Trinajstić information content (AvgIpc) is 2.32. The van der Waals surface area contributed by atoms with E-state index in [0.717, 1.165) is 36.1 Å². The number of rotatable bonds is 3. The predicted molar refractivity (Wildman–Crippen MR) is 68.0 cm³/mol. The SMILES string of the molecule is ClCC1CCCN(Cc2ccncc2Cl)C1. The summed E-state index contributed by atoms with van der Waals surface area (Å²) in [5.41, 5.74) is 1.16. The van der Waals surface area contributed by atoms with Gasteiger partial charge in [0.2, 0.25) is 0 Å². The molecule has 2 heterocycles. The second-order valence-corrected chi connectivity index (χ2v) is 5.08. The van der Waals surface area contributed by atoms with Crippen LogP contribution in [0.1, 0.15) is 18.4 Å². The standard InChI is InChI=1S/C12H16Cl2N2/c13-6-10-2-1-5-16(8-10)9-11-3-4-15-7-12(11)14/h3-4,7,10H,1-2,5-6,8-9H2. The zero-order valence-electron chi connectivity index (χ0n) is 9.20. The van der Waals surface area contributed by atoms with Crippen molar-refractivity contribution in [3.63, 3.8) is 0 Å². The number of likely N-dealkylation sites (tertiary alicyclic amines) is 1. The van der Waals surface area contributed by atoms with Crippen molar-refractivity contribution in [1.29, 1.82) is 0 Å². The van der Waals surface area contributed by atoms with E-state index < -0.39 is 0 Å². The van der Waals surface area contributed by atoms with Gasteiger partial charge in [-0.05, 0) is 36.9 Å². The van der Waals surface area contributed by atoms with Crippen LogP contribution in [0.2, 0.25) is 5.02 Å². The van der Waals surface area contributed by atoms with E-state index in [1.165, 1.54) is 12.8 Å². The lowest BCUT2D eigenvalue weighted by Gasteiger charge is -2.31. The first-order valence-corrected chi connectivity index (χ1v) is 6.57. The van der Waals surface area contributed by atoms with Gasteiger partial charge in [-0.1, -0.05) is 11.6 Å². The van der Waals surface area contributed by atoms with E-state index in [-0.39, 0.29) is 0 Å². The number of alkyl halides is 1. The summed E-state index contributed by atoms with van der Waals surface area (Å²) in [5, 5.41) is 0.760. The Morgan fingerprint density at radius 2 is 2.38 bits per heavy atom. The molecule has 1 unspecified atom stereocenters. The minimum absolute atomic E-state index is 0.635. The Morgan fingerprint density at radius 3 is 3.12 bits per heavy atom. The number of hydrogen-bond donors (Lipinski definition) is 0. The maximum Gasteiger partial charge on any atom is 0.0634 e. The molecule has 0 amide bonds. The van der Waals surface area contributed by atoms with Gasteiger partial charge >= 0.3 is 0 Å². The van der Waals surface area contributed by atoms with Crippen LogP contribution in [0.25, 0.3) is 0 Å². The third-order valence-electron chi connectivity index (χ3n) is 3.07. The molecule has 1 aromatic heterocycles. The Bertz CT molecular complexity index is 344. The lowest BCUT2D eigenvalue weighted by Crippen LogP contribution is -2.35. The van der Waals surface area contributed by atoms with Crippen LogP contribution in [-0.2, 0) is 6.54 Å². The first kappa shape index (κ1) is 12.2. The monoisotopic (exact) mass is 258 g/mol. The van der Waals surface area contributed by atoms with Crippen LogP contribution < -0.4 is 0 Å². The highest BCUT2D eigenvalue weighted by Gasteiger charge is 2.19. The van der Waals surface area contributed by atoms with Gasteiger partial charge in [-0.2, -0.15) is 0 Å². The molecule has 1 aliphatic rings. The molecule has 1 atom stereocenters. The van der Waals surface area contributed by atoms with Crippen LogP contribution >= 0.6 is 23.2 Å². The van der Waals surface area contributed by atoms with Crippen LogP contribution in [0.3, 0.4) is 0 Å². The number of piperidine rings is 1. The van der Waals surface area contributed by atoms with E-state index >= 15 is 0 Å². The molecule has 16 heavy (non-hydrogen) atoms. The molecule has 1 aromatic rings. The third kappa shape index (κ3) is 3.09. The fourth-order valence-corrected chi connectivity index (χ4v) is 2.62. The summed E-state index contributed by atoms with van der Waals surface area (Å²) in [5.74, 6) is 1.40. The van der Waals surface area contributed by atoms with Crippen molar-refractivity contribution in [3.8, 4) is 0 Å². The number of halogens is 2. The normalized spacial score (nSPS) is 22.2. The Hall–Kier alpha value is -0.310. The molecule has 0 saturated carbocycles. The topological polar surface area (TPSA) is 16.1 Å². The van der Waals surface area contributed by atoms with Crippen LogP contribution in [-0.4, -0.2) is 28.9 Å². The summed E-state index contributed by atoms with van der Waals surface area (Å²) < 4.78 is 0. The molecular formula is C12H16Cl2N2. The molecular weight excluding hydrogens is 243 g/mol. The molecule has 0 bridgehead atoms. The predicted octanol–water partition coefficient (Wildman–Crippen LogP) is 3.19. The summed E-state index contributed by atoms with van der Waals surface area (Å²) in [6.45, 7) is 3.14. The van der Waals surface area contributed by atoms with Gasteiger partial charge in [-0.3, -0.25) is 9.88 Å². The van der Waals surface area contributed by atoms with Gasteiger partial charge in [-0.15, -0.1) is 11.6 Å². The Labute approximate surface area is 107 Å². The zero-order valence-corrected chi connectivity index (χ0v) is 10.7. The third-order valence-corrected chi connectivity index (χ3v) is 3.85. The Balaban J connectivity index is 1.97. The largest absolute Gasteiger partial charge is 0.299 e. The van der Waals surface area contributed by atoms with E-state index in [2.05, 4.69) is 9.88 Å². The molecule has 0 N–H and O–H groups in total. The maximum absolute atomic E-state index is 6.10. The van der Waals surface area contributed by atoms with Crippen molar-refractivity contribution >= 4 is 23.2 Å². The highest BCUT2D eigenvalue weighted by atomic mass is 35.5. The Morgan fingerprint density at radius 1 is 1.50 bits per heavy atom. The van der Waals surface area contributed by atoms with E-state index in [9.17, 15) is 0 Å². The van der Waals surface area contributed by atoms with Crippen molar-refractivity contribution in [2.24, 2.45) is 5.92 Å². The van der Waals surface area contributed by atoms with Crippen molar-refractivity contribution in [3.05, 3.63) is 29.0 Å². The zero-order chi connectivity index (χ0) is 11.4. The second-order valence-electron chi connectivity index (χ2n) is 4.36. The fourth-order valence-electron chi connectivity index (χ4n) is 2.19. The van der Waals surface area contributed by atoms with Crippen molar-refractivity contribution in [2.75, 3.05) is 19.0 Å². The van der Waals surface area contributed by atoms with Gasteiger partial charge in [0.05, 0.1) is 5.02 Å². The van der Waals surface area contributed by atoms with Gasteiger partial charge in [0.15, 0.2) is 0 Å². The van der Waals surface area contributed by atoms with Gasteiger partial charge in [0, 0.05) is 31.4 Å². The summed E-state index contributed by atoms with van der Waals surface area (Å²) in [6.07, 6.45) is 5.99. The van der Waals surface area contributed by atoms with Crippen molar-refractivity contribution in [2.45, 2.75) is 19.4 Å². The molecule has 88 valence electrons. The highest BCUT2D eigenvalue weighted by molar-refractivity contribution is 6.31. The summed E-state index contributed by atoms with van der Waals surface area (Å²) in [7, 11) is 0. The molecule has 0 spiro atoms. The first-order chi connectivity index (χ1) is 7.79. The second kappa shape index (κ2) is 5.85. The van der Waals surface area contributed by atoms with Gasteiger partial charge in [0.25, 0.3) is 0 Å². The number of aromatic nitrogens is 1. The van der Waals surface area contributed by atoms with Crippen LogP contribution in [0.5, 0.6) is 0 Å². The molecule has 2 nitrogen and oxygen atoms in total. The number of pyridine rings is 1. The maximum atomic E-state index is 6.10. The van der Waals surface area contributed by atoms with Crippen LogP contribution in [0, 0.1) is 5.92 Å². The first-order valence-electron chi connectivity index (χ1n) is 5.66. The number of nitrogens with zero attached hydrogens (tertiary/aromatic N) is 2. The van der Waals surface area contributed by atoms with Gasteiger partial charge in [-0.25, -0.2) is 0 Å². The molecule has 2 rings (SSSR count). The molecule has 0 aliphatic carbocycles. The van der Waals surface area contributed by atoms with Crippen LogP contribution in [0.15, 0.2) is 18.5 Å². The van der Waals surface area contributed by atoms with E-state index in [0.29, 0.717) is 5.92 Å². The average molecular weight is 259 g/mol. The highest BCUT2D eigenvalue weighted by Crippen LogP contribution is 2.22. The lowest BCUT2D eigenvalue weighted by molar-refractivity contribution is 0.178. The van der Waals surface area contributed by atoms with Crippen molar-refractivity contribution in [1.82, 2.24) is 9.88 Å². The van der Waals surface area contributed by atoms with Crippen LogP contribution in [0.4, 0.5) is 0 Å². The minimum atomic E-state index is 0.635.